The quantitative estimate of drug-likeness (QED) is 0.407. The van der Waals surface area contributed by atoms with E-state index >= 15 is 0 Å². The monoisotopic (exact) mass is 385 g/mol. The summed E-state index contributed by atoms with van der Waals surface area (Å²) < 4.78 is 25.9. The van der Waals surface area contributed by atoms with E-state index < -0.39 is 9.84 Å². The van der Waals surface area contributed by atoms with Crippen LogP contribution in [0.15, 0.2) is 83.9 Å². The summed E-state index contributed by atoms with van der Waals surface area (Å²) in [4.78, 5) is 0.335. The first-order valence-corrected chi connectivity index (χ1v) is 11.1. The topological polar surface area (TPSA) is 38.5 Å². The van der Waals surface area contributed by atoms with E-state index in [9.17, 15) is 8.42 Å². The number of rotatable bonds is 3. The second-order valence-electron chi connectivity index (χ2n) is 7.32. The van der Waals surface area contributed by atoms with Gasteiger partial charge < -0.3 is 4.40 Å². The van der Waals surface area contributed by atoms with Gasteiger partial charge in [0.2, 0.25) is 0 Å². The Hall–Kier alpha value is -3.11. The number of hydrogen-bond donors (Lipinski definition) is 0. The Labute approximate surface area is 164 Å². The first-order valence-electron chi connectivity index (χ1n) is 9.16. The van der Waals surface area contributed by atoms with Crippen LogP contribution in [0.5, 0.6) is 0 Å². The first-order chi connectivity index (χ1) is 13.4. The molecule has 0 fully saturated rings. The highest BCUT2D eigenvalue weighted by atomic mass is 32.2. The van der Waals surface area contributed by atoms with Crippen LogP contribution in [0, 0.1) is 6.92 Å². The zero-order valence-corrected chi connectivity index (χ0v) is 16.5. The van der Waals surface area contributed by atoms with Crippen molar-refractivity contribution in [3.8, 4) is 22.4 Å². The van der Waals surface area contributed by atoms with Crippen LogP contribution in [0.4, 0.5) is 0 Å². The van der Waals surface area contributed by atoms with Gasteiger partial charge in [0.1, 0.15) is 0 Å². The van der Waals surface area contributed by atoms with Crippen LogP contribution < -0.4 is 0 Å². The maximum atomic E-state index is 11.9. The fraction of sp³-hybridized carbons (Fsp3) is 0.0833. The zero-order chi connectivity index (χ0) is 19.5. The van der Waals surface area contributed by atoms with Crippen LogP contribution in [-0.2, 0) is 9.84 Å². The van der Waals surface area contributed by atoms with Gasteiger partial charge in [0.15, 0.2) is 9.84 Å². The second-order valence-corrected chi connectivity index (χ2v) is 9.33. The molecule has 0 spiro atoms. The molecule has 0 N–H and O–H groups in total. The van der Waals surface area contributed by atoms with E-state index in [4.69, 9.17) is 0 Å². The lowest BCUT2D eigenvalue weighted by molar-refractivity contribution is 0.602. The minimum absolute atomic E-state index is 0.335. The third-order valence-electron chi connectivity index (χ3n) is 5.35. The highest BCUT2D eigenvalue weighted by Gasteiger charge is 2.20. The Morgan fingerprint density at radius 1 is 0.786 bits per heavy atom. The van der Waals surface area contributed by atoms with Crippen LogP contribution in [0.25, 0.3) is 38.7 Å². The molecule has 4 heteroatoms. The average Bonchev–Trinajstić information content (AvgIpc) is 3.25. The predicted molar refractivity (Wildman–Crippen MR) is 115 cm³/mol. The second kappa shape index (κ2) is 5.94. The van der Waals surface area contributed by atoms with Gasteiger partial charge in [-0.15, -0.1) is 0 Å². The fourth-order valence-corrected chi connectivity index (χ4v) is 4.62. The van der Waals surface area contributed by atoms with E-state index in [1.165, 1.54) is 33.7 Å². The van der Waals surface area contributed by atoms with Crippen molar-refractivity contribution in [3.63, 3.8) is 0 Å². The lowest BCUT2D eigenvalue weighted by Crippen LogP contribution is -1.96. The predicted octanol–water partition coefficient (Wildman–Crippen LogP) is 5.58. The van der Waals surface area contributed by atoms with E-state index in [0.29, 0.717) is 4.90 Å². The van der Waals surface area contributed by atoms with Crippen molar-refractivity contribution < 1.29 is 8.42 Å². The molecule has 0 saturated heterocycles. The van der Waals surface area contributed by atoms with Crippen LogP contribution >= 0.6 is 0 Å². The van der Waals surface area contributed by atoms with Crippen LogP contribution in [0.3, 0.4) is 0 Å². The van der Waals surface area contributed by atoms with E-state index in [1.54, 1.807) is 12.1 Å². The van der Waals surface area contributed by atoms with Crippen molar-refractivity contribution in [2.45, 2.75) is 11.8 Å². The minimum Gasteiger partial charge on any atom is -0.315 e. The molecule has 0 bridgehead atoms. The molecule has 0 atom stereocenters. The van der Waals surface area contributed by atoms with Gasteiger partial charge in [-0.2, -0.15) is 0 Å². The SMILES string of the molecule is Cc1ccc(-c2c(-c3ccc(S(C)(=O)=O)cc3)n3ccc4cccc2c43)cc1. The molecule has 138 valence electrons. The third-order valence-corrected chi connectivity index (χ3v) is 6.48. The Balaban J connectivity index is 1.85. The van der Waals surface area contributed by atoms with Crippen molar-refractivity contribution in [1.82, 2.24) is 4.40 Å². The Morgan fingerprint density at radius 2 is 1.46 bits per heavy atom. The van der Waals surface area contributed by atoms with E-state index in [2.05, 4.69) is 66.1 Å². The summed E-state index contributed by atoms with van der Waals surface area (Å²) in [6.07, 6.45) is 3.33. The summed E-state index contributed by atoms with van der Waals surface area (Å²) >= 11 is 0. The van der Waals surface area contributed by atoms with Gasteiger partial charge in [0.25, 0.3) is 0 Å². The summed E-state index contributed by atoms with van der Waals surface area (Å²) in [6, 6.07) is 24.2. The summed E-state index contributed by atoms with van der Waals surface area (Å²) in [5.41, 5.74) is 6.83. The number of aryl methyl sites for hydroxylation is 1. The average molecular weight is 385 g/mol. The van der Waals surface area contributed by atoms with Crippen molar-refractivity contribution in [1.29, 1.82) is 0 Å². The molecule has 0 saturated carbocycles. The molecule has 0 aliphatic heterocycles. The molecule has 0 aliphatic carbocycles. The molecule has 3 nitrogen and oxygen atoms in total. The Morgan fingerprint density at radius 3 is 2.14 bits per heavy atom. The molecule has 0 amide bonds. The number of para-hydroxylation sites is 1. The number of nitrogens with zero attached hydrogens (tertiary/aromatic N) is 1. The lowest BCUT2D eigenvalue weighted by atomic mass is 9.97. The van der Waals surface area contributed by atoms with E-state index in [-0.39, 0.29) is 0 Å². The molecule has 28 heavy (non-hydrogen) atoms. The summed E-state index contributed by atoms with van der Waals surface area (Å²) in [5, 5.41) is 2.40. The number of hydrogen-bond acceptors (Lipinski definition) is 2. The first kappa shape index (κ1) is 17.0. The Kier molecular flexibility index (Phi) is 3.61. The van der Waals surface area contributed by atoms with Gasteiger partial charge >= 0.3 is 0 Å². The zero-order valence-electron chi connectivity index (χ0n) is 15.7. The molecule has 0 aliphatic rings. The molecule has 2 heterocycles. The standard InChI is InChI=1S/C24H19NO2S/c1-16-6-8-17(9-7-16)22-21-5-3-4-18-14-15-25(23(18)21)24(22)19-10-12-20(13-11-19)28(2,26)27/h3-15H,1-2H3. The van der Waals surface area contributed by atoms with E-state index in [0.717, 1.165) is 16.8 Å². The van der Waals surface area contributed by atoms with Gasteiger partial charge in [-0.05, 0) is 36.2 Å². The smallest absolute Gasteiger partial charge is 0.175 e. The van der Waals surface area contributed by atoms with Gasteiger partial charge in [-0.1, -0.05) is 60.2 Å². The molecular weight excluding hydrogens is 366 g/mol. The van der Waals surface area contributed by atoms with Crippen LogP contribution in [0.1, 0.15) is 5.56 Å². The molecule has 3 aromatic carbocycles. The molecule has 5 aromatic rings. The number of sulfone groups is 1. The highest BCUT2D eigenvalue weighted by Crippen LogP contribution is 2.42. The maximum Gasteiger partial charge on any atom is 0.175 e. The van der Waals surface area contributed by atoms with Crippen molar-refractivity contribution in [3.05, 3.63) is 84.6 Å². The van der Waals surface area contributed by atoms with E-state index in [1.807, 2.05) is 12.1 Å². The molecular formula is C24H19NO2S. The van der Waals surface area contributed by atoms with Crippen LogP contribution in [-0.4, -0.2) is 19.1 Å². The molecule has 0 radical (unpaired) electrons. The van der Waals surface area contributed by atoms with Crippen LogP contribution in [0.2, 0.25) is 0 Å². The lowest BCUT2D eigenvalue weighted by Gasteiger charge is -2.09. The van der Waals surface area contributed by atoms with Gasteiger partial charge in [0.05, 0.1) is 16.1 Å². The summed E-state index contributed by atoms with van der Waals surface area (Å²) in [5.74, 6) is 0. The summed E-state index contributed by atoms with van der Waals surface area (Å²) in [6.45, 7) is 2.09. The third kappa shape index (κ3) is 2.53. The number of benzene rings is 3. The maximum absolute atomic E-state index is 11.9. The van der Waals surface area contributed by atoms with Crippen molar-refractivity contribution in [2.75, 3.05) is 6.26 Å². The number of aromatic nitrogens is 1. The molecule has 2 aromatic heterocycles. The Bertz CT molecular complexity index is 1410. The normalized spacial score (nSPS) is 12.2. The minimum atomic E-state index is -3.22. The summed E-state index contributed by atoms with van der Waals surface area (Å²) in [7, 11) is -3.22. The van der Waals surface area contributed by atoms with Gasteiger partial charge in [-0.3, -0.25) is 0 Å². The highest BCUT2D eigenvalue weighted by molar-refractivity contribution is 7.90. The van der Waals surface area contributed by atoms with Crippen molar-refractivity contribution >= 4 is 26.1 Å². The molecule has 0 unspecified atom stereocenters. The van der Waals surface area contributed by atoms with Gasteiger partial charge in [-0.25, -0.2) is 8.42 Å². The van der Waals surface area contributed by atoms with Crippen molar-refractivity contribution in [2.24, 2.45) is 0 Å². The largest absolute Gasteiger partial charge is 0.315 e. The van der Waals surface area contributed by atoms with Gasteiger partial charge in [0, 0.05) is 28.8 Å². The molecule has 5 rings (SSSR count). The fourth-order valence-electron chi connectivity index (χ4n) is 3.99.